The highest BCUT2D eigenvalue weighted by atomic mass is 35.5. The fourth-order valence-electron chi connectivity index (χ4n) is 2.86. The minimum absolute atomic E-state index is 0. The van der Waals surface area contributed by atoms with Gasteiger partial charge in [-0.15, -0.1) is 23.7 Å². The monoisotopic (exact) mass is 399 g/mol. The summed E-state index contributed by atoms with van der Waals surface area (Å²) < 4.78 is 0. The van der Waals surface area contributed by atoms with Crippen LogP contribution in [-0.2, 0) is 6.54 Å². The summed E-state index contributed by atoms with van der Waals surface area (Å²) in [5.41, 5.74) is 6.66. The van der Waals surface area contributed by atoms with Crippen LogP contribution in [0.3, 0.4) is 0 Å². The normalized spacial score (nSPS) is 14.9. The molecule has 5 nitrogen and oxygen atoms in total. The summed E-state index contributed by atoms with van der Waals surface area (Å²) in [6.45, 7) is 1.48. The molecule has 8 heteroatoms. The van der Waals surface area contributed by atoms with Crippen molar-refractivity contribution in [2.75, 3.05) is 13.1 Å². The number of ketones is 1. The quantitative estimate of drug-likeness (QED) is 0.798. The lowest BCUT2D eigenvalue weighted by molar-refractivity contribution is 0.0646. The molecule has 0 atom stereocenters. The minimum Gasteiger partial charge on any atom is -0.337 e. The summed E-state index contributed by atoms with van der Waals surface area (Å²) in [5, 5.41) is 3.12. The number of nitrogens with two attached hydrogens (primary N) is 1. The lowest BCUT2D eigenvalue weighted by Crippen LogP contribution is -2.40. The molecule has 25 heavy (non-hydrogen) atoms. The van der Waals surface area contributed by atoms with E-state index < -0.39 is 0 Å². The van der Waals surface area contributed by atoms with Gasteiger partial charge in [0.25, 0.3) is 5.91 Å². The lowest BCUT2D eigenvalue weighted by atomic mass is 9.89. The van der Waals surface area contributed by atoms with Crippen molar-refractivity contribution in [3.05, 3.63) is 50.9 Å². The zero-order valence-corrected chi connectivity index (χ0v) is 15.9. The Bertz CT molecular complexity index is 741. The van der Waals surface area contributed by atoms with E-state index in [1.165, 1.54) is 11.3 Å². The van der Waals surface area contributed by atoms with Crippen molar-refractivity contribution in [1.82, 2.24) is 9.88 Å². The molecule has 0 aliphatic carbocycles. The average Bonchev–Trinajstić information content (AvgIpc) is 3.10. The molecular formula is C17H19Cl2N3O2S. The number of rotatable bonds is 4. The Morgan fingerprint density at radius 3 is 2.44 bits per heavy atom. The van der Waals surface area contributed by atoms with Crippen LogP contribution in [0.25, 0.3) is 0 Å². The van der Waals surface area contributed by atoms with Crippen LogP contribution in [0.5, 0.6) is 0 Å². The molecule has 0 saturated carbocycles. The molecular weight excluding hydrogens is 381 g/mol. The highest BCUT2D eigenvalue weighted by Crippen LogP contribution is 2.24. The molecule has 0 unspecified atom stereocenters. The molecule has 2 N–H and O–H groups in total. The maximum atomic E-state index is 12.5. The molecule has 1 aromatic heterocycles. The number of carbonyl (C=O) groups excluding carboxylic acids is 2. The molecule has 1 aromatic carbocycles. The molecule has 1 saturated heterocycles. The molecule has 0 spiro atoms. The molecule has 2 heterocycles. The SMILES string of the molecule is Cl.NCc1nc(C(=O)N2CCC(C(=O)c3ccc(Cl)cc3)CC2)cs1. The Labute approximate surface area is 161 Å². The number of halogens is 2. The summed E-state index contributed by atoms with van der Waals surface area (Å²) in [4.78, 5) is 31.0. The Kier molecular flexibility index (Phi) is 6.95. The van der Waals surface area contributed by atoms with Crippen molar-refractivity contribution in [2.45, 2.75) is 19.4 Å². The van der Waals surface area contributed by atoms with Crippen LogP contribution in [0.1, 0.15) is 38.7 Å². The van der Waals surface area contributed by atoms with Gasteiger partial charge in [0.05, 0.1) is 0 Å². The first-order chi connectivity index (χ1) is 11.6. The van der Waals surface area contributed by atoms with Crippen LogP contribution in [0, 0.1) is 5.92 Å². The number of Topliss-reactive ketones (excluding diaryl/α,β-unsaturated/α-hetero) is 1. The Morgan fingerprint density at radius 2 is 1.88 bits per heavy atom. The number of aromatic nitrogens is 1. The molecule has 0 bridgehead atoms. The number of carbonyl (C=O) groups is 2. The molecule has 1 aliphatic heterocycles. The van der Waals surface area contributed by atoms with Gasteiger partial charge < -0.3 is 10.6 Å². The molecule has 1 fully saturated rings. The van der Waals surface area contributed by atoms with Gasteiger partial charge in [0.1, 0.15) is 10.7 Å². The van der Waals surface area contributed by atoms with Crippen molar-refractivity contribution < 1.29 is 9.59 Å². The van der Waals surface area contributed by atoms with Crippen molar-refractivity contribution in [3.8, 4) is 0 Å². The van der Waals surface area contributed by atoms with E-state index in [0.29, 0.717) is 48.8 Å². The number of benzene rings is 1. The van der Waals surface area contributed by atoms with Crippen LogP contribution in [0.4, 0.5) is 0 Å². The van der Waals surface area contributed by atoms with Crippen molar-refractivity contribution in [1.29, 1.82) is 0 Å². The van der Waals surface area contributed by atoms with Crippen LogP contribution < -0.4 is 5.73 Å². The topological polar surface area (TPSA) is 76.3 Å². The van der Waals surface area contributed by atoms with E-state index in [1.54, 1.807) is 34.5 Å². The largest absolute Gasteiger partial charge is 0.337 e. The van der Waals surface area contributed by atoms with Crippen LogP contribution in [0.15, 0.2) is 29.6 Å². The number of thiazole rings is 1. The van der Waals surface area contributed by atoms with Gasteiger partial charge in [-0.25, -0.2) is 4.98 Å². The lowest BCUT2D eigenvalue weighted by Gasteiger charge is -2.30. The molecule has 0 radical (unpaired) electrons. The van der Waals surface area contributed by atoms with Gasteiger partial charge in [0, 0.05) is 41.5 Å². The summed E-state index contributed by atoms with van der Waals surface area (Å²) in [6.07, 6.45) is 1.34. The van der Waals surface area contributed by atoms with E-state index in [9.17, 15) is 9.59 Å². The number of piperidine rings is 1. The molecule has 3 rings (SSSR count). The van der Waals surface area contributed by atoms with Crippen molar-refractivity contribution in [3.63, 3.8) is 0 Å². The van der Waals surface area contributed by atoms with E-state index in [2.05, 4.69) is 4.98 Å². The zero-order valence-electron chi connectivity index (χ0n) is 13.5. The Morgan fingerprint density at radius 1 is 1.24 bits per heavy atom. The standard InChI is InChI=1S/C17H18ClN3O2S.ClH/c18-13-3-1-11(2-4-13)16(22)12-5-7-21(8-6-12)17(23)14-10-24-15(9-19)20-14;/h1-4,10,12H,5-9,19H2;1H. The predicted molar refractivity (Wildman–Crippen MR) is 102 cm³/mol. The van der Waals surface area contributed by atoms with E-state index in [4.69, 9.17) is 17.3 Å². The second-order valence-electron chi connectivity index (χ2n) is 5.77. The third kappa shape index (κ3) is 4.58. The van der Waals surface area contributed by atoms with Crippen LogP contribution in [-0.4, -0.2) is 34.7 Å². The molecule has 2 aromatic rings. The van der Waals surface area contributed by atoms with Crippen molar-refractivity contribution >= 4 is 47.0 Å². The number of nitrogens with zero attached hydrogens (tertiary/aromatic N) is 2. The van der Waals surface area contributed by atoms with Gasteiger partial charge in [-0.05, 0) is 37.1 Å². The second-order valence-corrected chi connectivity index (χ2v) is 7.15. The number of hydrogen-bond donors (Lipinski definition) is 1. The van der Waals surface area contributed by atoms with Gasteiger partial charge in [0.2, 0.25) is 0 Å². The van der Waals surface area contributed by atoms with Crippen molar-refractivity contribution in [2.24, 2.45) is 11.7 Å². The van der Waals surface area contributed by atoms with Gasteiger partial charge in [-0.1, -0.05) is 11.6 Å². The maximum Gasteiger partial charge on any atom is 0.273 e. The van der Waals surface area contributed by atoms with E-state index in [-0.39, 0.29) is 30.0 Å². The first kappa shape index (κ1) is 19.8. The smallest absolute Gasteiger partial charge is 0.273 e. The summed E-state index contributed by atoms with van der Waals surface area (Å²) in [6, 6.07) is 6.97. The highest BCUT2D eigenvalue weighted by Gasteiger charge is 2.29. The zero-order chi connectivity index (χ0) is 17.1. The fraction of sp³-hybridized carbons (Fsp3) is 0.353. The molecule has 134 valence electrons. The predicted octanol–water partition coefficient (Wildman–Crippen LogP) is 3.41. The summed E-state index contributed by atoms with van der Waals surface area (Å²) >= 11 is 7.26. The van der Waals surface area contributed by atoms with E-state index >= 15 is 0 Å². The van der Waals surface area contributed by atoms with Gasteiger partial charge in [0.15, 0.2) is 5.78 Å². The third-order valence-electron chi connectivity index (χ3n) is 4.23. The number of likely N-dealkylation sites (tertiary alicyclic amines) is 1. The molecule has 1 amide bonds. The number of amides is 1. The van der Waals surface area contributed by atoms with Crippen LogP contribution in [0.2, 0.25) is 5.02 Å². The van der Waals surface area contributed by atoms with Gasteiger partial charge >= 0.3 is 0 Å². The first-order valence-electron chi connectivity index (χ1n) is 7.82. The average molecular weight is 400 g/mol. The fourth-order valence-corrected chi connectivity index (χ4v) is 3.63. The molecule has 1 aliphatic rings. The van der Waals surface area contributed by atoms with Crippen LogP contribution >= 0.6 is 35.3 Å². The van der Waals surface area contributed by atoms with E-state index in [0.717, 1.165) is 5.01 Å². The second kappa shape index (κ2) is 8.76. The number of hydrogen-bond acceptors (Lipinski definition) is 5. The van der Waals surface area contributed by atoms with Gasteiger partial charge in [-0.3, -0.25) is 9.59 Å². The summed E-state index contributed by atoms with van der Waals surface area (Å²) in [7, 11) is 0. The van der Waals surface area contributed by atoms with Gasteiger partial charge in [-0.2, -0.15) is 0 Å². The third-order valence-corrected chi connectivity index (χ3v) is 5.35. The first-order valence-corrected chi connectivity index (χ1v) is 9.07. The summed E-state index contributed by atoms with van der Waals surface area (Å²) in [5.74, 6) is -0.00792. The minimum atomic E-state index is -0.0802. The maximum absolute atomic E-state index is 12.5. The Hall–Kier alpha value is -1.47. The van der Waals surface area contributed by atoms with E-state index in [1.807, 2.05) is 0 Å². The highest BCUT2D eigenvalue weighted by molar-refractivity contribution is 7.09. The Balaban J connectivity index is 0.00000225.